The van der Waals surface area contributed by atoms with Gasteiger partial charge in [0.2, 0.25) is 0 Å². The maximum absolute atomic E-state index is 13.1. The summed E-state index contributed by atoms with van der Waals surface area (Å²) in [5.74, 6) is -0.633. The number of anilines is 1. The van der Waals surface area contributed by atoms with Crippen molar-refractivity contribution in [3.05, 3.63) is 58.3 Å². The lowest BCUT2D eigenvalue weighted by molar-refractivity contribution is -0.123. The van der Waals surface area contributed by atoms with E-state index in [-0.39, 0.29) is 0 Å². The molecule has 1 fully saturated rings. The van der Waals surface area contributed by atoms with E-state index in [4.69, 9.17) is 4.74 Å². The first-order chi connectivity index (χ1) is 13.0. The Balaban J connectivity index is 1.58. The molecular weight excluding hydrogens is 419 g/mol. The van der Waals surface area contributed by atoms with Crippen molar-refractivity contribution >= 4 is 33.4 Å². The zero-order chi connectivity index (χ0) is 19.1. The first-order valence-corrected chi connectivity index (χ1v) is 8.92. The van der Waals surface area contributed by atoms with Crippen LogP contribution in [0.3, 0.4) is 0 Å². The molecule has 138 valence electrons. The van der Waals surface area contributed by atoms with E-state index in [1.165, 1.54) is 29.3 Å². The van der Waals surface area contributed by atoms with Crippen molar-refractivity contribution in [2.75, 3.05) is 12.0 Å². The summed E-state index contributed by atoms with van der Waals surface area (Å²) in [5, 5.41) is 9.50. The zero-order valence-electron chi connectivity index (χ0n) is 14.2. The number of fused-ring (bicyclic) bond motifs is 1. The first-order valence-electron chi connectivity index (χ1n) is 8.13. The maximum Gasteiger partial charge on any atom is 0.263 e. The van der Waals surface area contributed by atoms with Crippen molar-refractivity contribution in [3.63, 3.8) is 0 Å². The number of methoxy groups -OCH3 is 1. The summed E-state index contributed by atoms with van der Waals surface area (Å²) in [6, 6.07) is 9.04. The van der Waals surface area contributed by atoms with Gasteiger partial charge in [0.05, 0.1) is 23.8 Å². The molecule has 2 aliphatic rings. The molecule has 2 amide bonds. The van der Waals surface area contributed by atoms with E-state index >= 15 is 0 Å². The van der Waals surface area contributed by atoms with Crippen LogP contribution in [-0.4, -0.2) is 36.0 Å². The van der Waals surface area contributed by atoms with Crippen molar-refractivity contribution < 1.29 is 18.7 Å². The van der Waals surface area contributed by atoms with Gasteiger partial charge in [0.15, 0.2) is 12.1 Å². The highest BCUT2D eigenvalue weighted by Crippen LogP contribution is 2.33. The molecule has 0 bridgehead atoms. The molecule has 2 aromatic rings. The van der Waals surface area contributed by atoms with E-state index in [9.17, 15) is 14.0 Å². The van der Waals surface area contributed by atoms with Crippen molar-refractivity contribution in [2.24, 2.45) is 10.3 Å². The van der Waals surface area contributed by atoms with E-state index in [1.807, 2.05) is 12.1 Å². The van der Waals surface area contributed by atoms with Gasteiger partial charge in [-0.05, 0) is 57.9 Å². The normalized spacial score (nSPS) is 21.1. The lowest BCUT2D eigenvalue weighted by Gasteiger charge is -2.21. The number of hydrogen-bond donors (Lipinski definition) is 0. The Morgan fingerprint density at radius 2 is 1.89 bits per heavy atom. The topological polar surface area (TPSA) is 74.6 Å². The number of rotatable bonds is 4. The Bertz CT molecular complexity index is 950. The Hall–Kier alpha value is -2.81. The summed E-state index contributed by atoms with van der Waals surface area (Å²) >= 11 is 3.42. The average molecular weight is 433 g/mol. The minimum absolute atomic E-state index is 0.309. The zero-order valence-corrected chi connectivity index (χ0v) is 15.8. The highest BCUT2D eigenvalue weighted by Gasteiger charge is 2.54. The molecule has 9 heteroatoms. The van der Waals surface area contributed by atoms with E-state index in [1.54, 1.807) is 13.2 Å². The van der Waals surface area contributed by atoms with Gasteiger partial charge in [-0.15, -0.1) is 0 Å². The van der Waals surface area contributed by atoms with Crippen LogP contribution in [0.25, 0.3) is 0 Å². The number of imide groups is 1. The van der Waals surface area contributed by atoms with E-state index in [2.05, 4.69) is 26.3 Å². The molecule has 0 unspecified atom stereocenters. The summed E-state index contributed by atoms with van der Waals surface area (Å²) in [7, 11) is 1.58. The van der Waals surface area contributed by atoms with Gasteiger partial charge < -0.3 is 4.74 Å². The lowest BCUT2D eigenvalue weighted by atomic mass is 10.1. The summed E-state index contributed by atoms with van der Waals surface area (Å²) in [4.78, 5) is 26.5. The van der Waals surface area contributed by atoms with Gasteiger partial charge in [0.1, 0.15) is 11.6 Å². The molecule has 0 aromatic heterocycles. The molecule has 0 aliphatic carbocycles. The van der Waals surface area contributed by atoms with Gasteiger partial charge in [-0.2, -0.15) is 5.11 Å². The molecule has 4 rings (SSSR count). The predicted octanol–water partition coefficient (Wildman–Crippen LogP) is 3.09. The summed E-state index contributed by atoms with van der Waals surface area (Å²) in [6.45, 7) is 0.309. The van der Waals surface area contributed by atoms with Crippen LogP contribution in [0.15, 0.2) is 57.3 Å². The van der Waals surface area contributed by atoms with Gasteiger partial charge in [-0.3, -0.25) is 14.6 Å². The van der Waals surface area contributed by atoms with Crippen molar-refractivity contribution in [3.8, 4) is 5.75 Å². The molecule has 2 aromatic carbocycles. The SMILES string of the molecule is COc1ccc(CN2N=N[C@H]3C(=O)N(c4ccc(F)cc4)C(=O)[C@H]32)cc1Br. The van der Waals surface area contributed by atoms with Crippen LogP contribution in [0.2, 0.25) is 0 Å². The van der Waals surface area contributed by atoms with Crippen LogP contribution < -0.4 is 9.64 Å². The second-order valence-electron chi connectivity index (χ2n) is 6.15. The molecule has 0 radical (unpaired) electrons. The van der Waals surface area contributed by atoms with Gasteiger partial charge in [-0.1, -0.05) is 11.3 Å². The van der Waals surface area contributed by atoms with E-state index < -0.39 is 29.7 Å². The van der Waals surface area contributed by atoms with Crippen LogP contribution in [0, 0.1) is 5.82 Å². The van der Waals surface area contributed by atoms with Gasteiger partial charge in [0.25, 0.3) is 11.8 Å². The third kappa shape index (κ3) is 2.97. The Morgan fingerprint density at radius 3 is 2.56 bits per heavy atom. The average Bonchev–Trinajstić information content (AvgIpc) is 3.17. The quantitative estimate of drug-likeness (QED) is 0.695. The third-order valence-electron chi connectivity index (χ3n) is 4.50. The second kappa shape index (κ2) is 6.73. The number of hydrogen-bond acceptors (Lipinski definition) is 6. The van der Waals surface area contributed by atoms with Crippen molar-refractivity contribution in [2.45, 2.75) is 18.6 Å². The molecule has 2 heterocycles. The molecule has 0 spiro atoms. The summed E-state index contributed by atoms with van der Waals surface area (Å²) in [5.41, 5.74) is 1.20. The van der Waals surface area contributed by atoms with Crippen LogP contribution in [-0.2, 0) is 16.1 Å². The number of halogens is 2. The molecular formula is C18H14BrFN4O3. The van der Waals surface area contributed by atoms with Gasteiger partial charge in [-0.25, -0.2) is 9.29 Å². The second-order valence-corrected chi connectivity index (χ2v) is 7.00. The molecule has 1 saturated heterocycles. The van der Waals surface area contributed by atoms with Crippen LogP contribution in [0.4, 0.5) is 10.1 Å². The molecule has 0 saturated carbocycles. The maximum atomic E-state index is 13.1. The summed E-state index contributed by atoms with van der Waals surface area (Å²) < 4.78 is 19.1. The first kappa shape index (κ1) is 17.6. The highest BCUT2D eigenvalue weighted by molar-refractivity contribution is 9.10. The molecule has 2 atom stereocenters. The predicted molar refractivity (Wildman–Crippen MR) is 97.6 cm³/mol. The highest BCUT2D eigenvalue weighted by atomic mass is 79.9. The monoisotopic (exact) mass is 432 g/mol. The molecule has 2 aliphatic heterocycles. The molecule has 7 nitrogen and oxygen atoms in total. The van der Waals surface area contributed by atoms with Crippen molar-refractivity contribution in [1.29, 1.82) is 0 Å². The van der Waals surface area contributed by atoms with E-state index in [0.29, 0.717) is 18.0 Å². The van der Waals surface area contributed by atoms with Crippen molar-refractivity contribution in [1.82, 2.24) is 5.01 Å². The largest absolute Gasteiger partial charge is 0.496 e. The molecule has 27 heavy (non-hydrogen) atoms. The summed E-state index contributed by atoms with van der Waals surface area (Å²) in [6.07, 6.45) is 0. The smallest absolute Gasteiger partial charge is 0.263 e. The number of carbonyl (C=O) groups is 2. The fourth-order valence-electron chi connectivity index (χ4n) is 3.19. The number of nitrogens with zero attached hydrogens (tertiary/aromatic N) is 4. The van der Waals surface area contributed by atoms with Crippen LogP contribution in [0.1, 0.15) is 5.56 Å². The van der Waals surface area contributed by atoms with Crippen LogP contribution >= 0.6 is 15.9 Å². The lowest BCUT2D eigenvalue weighted by Crippen LogP contribution is -2.39. The number of amides is 2. The van der Waals surface area contributed by atoms with Gasteiger partial charge >= 0.3 is 0 Å². The van der Waals surface area contributed by atoms with E-state index in [0.717, 1.165) is 14.9 Å². The Morgan fingerprint density at radius 1 is 1.15 bits per heavy atom. The Kier molecular flexibility index (Phi) is 4.39. The standard InChI is InChI=1S/C18H14BrFN4O3/c1-27-14-7-2-10(8-13(14)19)9-23-16-15(21-22-23)17(25)24(18(16)26)12-5-3-11(20)4-6-12/h2-8,15-16H,9H2,1H3/t15-,16+/m1/s1. The minimum atomic E-state index is -0.885. The minimum Gasteiger partial charge on any atom is -0.496 e. The fraction of sp³-hybridized carbons (Fsp3) is 0.222. The Labute approximate surface area is 162 Å². The van der Waals surface area contributed by atoms with Crippen LogP contribution in [0.5, 0.6) is 5.75 Å². The number of ether oxygens (including phenoxy) is 1. The van der Waals surface area contributed by atoms with Gasteiger partial charge in [0, 0.05) is 0 Å². The number of benzene rings is 2. The third-order valence-corrected chi connectivity index (χ3v) is 5.12. The number of carbonyl (C=O) groups excluding carboxylic acids is 2. The molecule has 0 N–H and O–H groups in total. The fourth-order valence-corrected chi connectivity index (χ4v) is 3.78.